The normalized spacial score (nSPS) is 13.9. The first-order valence-electron chi connectivity index (χ1n) is 5.89. The van der Waals surface area contributed by atoms with Crippen molar-refractivity contribution in [2.24, 2.45) is 5.73 Å². The van der Waals surface area contributed by atoms with E-state index in [1.54, 1.807) is 0 Å². The van der Waals surface area contributed by atoms with E-state index in [1.165, 1.54) is 0 Å². The zero-order chi connectivity index (χ0) is 13.0. The Hall–Kier alpha value is -1.32. The maximum absolute atomic E-state index is 6.02. The fraction of sp³-hybridized carbons (Fsp3) is 0.200. The van der Waals surface area contributed by atoms with Crippen molar-refractivity contribution in [2.75, 3.05) is 0 Å². The molecule has 2 aromatic rings. The molecule has 3 heteroatoms. The molecule has 0 saturated carbocycles. The van der Waals surface area contributed by atoms with Gasteiger partial charge in [-0.1, -0.05) is 46.3 Å². The van der Waals surface area contributed by atoms with Gasteiger partial charge < -0.3 is 10.5 Å². The minimum absolute atomic E-state index is 0.0774. The van der Waals surface area contributed by atoms with Crippen LogP contribution in [0.3, 0.4) is 0 Å². The van der Waals surface area contributed by atoms with Gasteiger partial charge in [0, 0.05) is 10.5 Å². The van der Waals surface area contributed by atoms with Crippen molar-refractivity contribution in [3.63, 3.8) is 0 Å². The Morgan fingerprint density at radius 3 is 2.17 bits per heavy atom. The minimum Gasteiger partial charge on any atom is -0.484 e. The monoisotopic (exact) mass is 305 g/mol. The van der Waals surface area contributed by atoms with Gasteiger partial charge in [0.2, 0.25) is 0 Å². The summed E-state index contributed by atoms with van der Waals surface area (Å²) in [5.41, 5.74) is 7.10. The highest BCUT2D eigenvalue weighted by Crippen LogP contribution is 2.25. The second-order valence-electron chi connectivity index (χ2n) is 4.26. The summed E-state index contributed by atoms with van der Waals surface area (Å²) in [7, 11) is 0. The fourth-order valence-corrected chi connectivity index (χ4v) is 2.04. The largest absolute Gasteiger partial charge is 0.484 e. The molecule has 2 N–H and O–H groups in total. The van der Waals surface area contributed by atoms with Crippen molar-refractivity contribution in [3.8, 4) is 5.75 Å². The number of hydrogen-bond acceptors (Lipinski definition) is 2. The molecule has 0 amide bonds. The number of hydrogen-bond donors (Lipinski definition) is 1. The predicted octanol–water partition coefficient (Wildman–Crippen LogP) is 3.92. The van der Waals surface area contributed by atoms with Gasteiger partial charge in [0.05, 0.1) is 0 Å². The van der Waals surface area contributed by atoms with Crippen LogP contribution < -0.4 is 10.5 Å². The lowest BCUT2D eigenvalue weighted by Gasteiger charge is -2.23. The van der Waals surface area contributed by atoms with Crippen LogP contribution >= 0.6 is 15.9 Å². The second kappa shape index (κ2) is 6.03. The molecule has 2 aromatic carbocycles. The van der Waals surface area contributed by atoms with E-state index in [1.807, 2.05) is 61.5 Å². The first kappa shape index (κ1) is 13.1. The highest BCUT2D eigenvalue weighted by Gasteiger charge is 2.17. The molecule has 0 heterocycles. The highest BCUT2D eigenvalue weighted by molar-refractivity contribution is 9.10. The Labute approximate surface area is 116 Å². The summed E-state index contributed by atoms with van der Waals surface area (Å²) in [5.74, 6) is 0.836. The quantitative estimate of drug-likeness (QED) is 0.929. The van der Waals surface area contributed by atoms with Crippen LogP contribution in [0.1, 0.15) is 18.6 Å². The molecule has 2 rings (SSSR count). The molecule has 0 saturated heterocycles. The Balaban J connectivity index is 2.21. The van der Waals surface area contributed by atoms with Crippen molar-refractivity contribution in [2.45, 2.75) is 19.1 Å². The van der Waals surface area contributed by atoms with E-state index in [2.05, 4.69) is 15.9 Å². The van der Waals surface area contributed by atoms with Gasteiger partial charge in [-0.15, -0.1) is 0 Å². The molecule has 0 spiro atoms. The van der Waals surface area contributed by atoms with E-state index < -0.39 is 0 Å². The number of nitrogens with two attached hydrogens (primary N) is 1. The number of ether oxygens (including phenoxy) is 1. The van der Waals surface area contributed by atoms with Crippen LogP contribution in [-0.2, 0) is 0 Å². The summed E-state index contributed by atoms with van der Waals surface area (Å²) in [6, 6.07) is 17.7. The van der Waals surface area contributed by atoms with Gasteiger partial charge in [0.25, 0.3) is 0 Å². The van der Waals surface area contributed by atoms with E-state index >= 15 is 0 Å². The van der Waals surface area contributed by atoms with Crippen molar-refractivity contribution in [1.29, 1.82) is 0 Å². The maximum atomic E-state index is 6.02. The van der Waals surface area contributed by atoms with Crippen molar-refractivity contribution in [1.82, 2.24) is 0 Å². The first-order chi connectivity index (χ1) is 8.66. The molecule has 0 fully saturated rings. The van der Waals surface area contributed by atoms with E-state index in [9.17, 15) is 0 Å². The summed E-state index contributed by atoms with van der Waals surface area (Å²) in [4.78, 5) is 0. The smallest absolute Gasteiger partial charge is 0.138 e. The van der Waals surface area contributed by atoms with Crippen LogP contribution in [0.25, 0.3) is 0 Å². The zero-order valence-electron chi connectivity index (χ0n) is 10.2. The molecule has 0 radical (unpaired) electrons. The lowest BCUT2D eigenvalue weighted by atomic mass is 10.0. The molecular weight excluding hydrogens is 290 g/mol. The van der Waals surface area contributed by atoms with E-state index in [4.69, 9.17) is 10.5 Å². The molecular formula is C15H16BrNO. The molecule has 0 aliphatic rings. The third-order valence-corrected chi connectivity index (χ3v) is 3.21. The topological polar surface area (TPSA) is 35.2 Å². The summed E-state index contributed by atoms with van der Waals surface area (Å²) in [6.45, 7) is 1.95. The van der Waals surface area contributed by atoms with Crippen molar-refractivity contribution in [3.05, 3.63) is 64.6 Å². The SMILES string of the molecule is CC(N)C(Oc1ccccc1)c1ccc(Br)cc1. The second-order valence-corrected chi connectivity index (χ2v) is 5.18. The van der Waals surface area contributed by atoms with Gasteiger partial charge in [0.1, 0.15) is 11.9 Å². The average Bonchev–Trinajstić information content (AvgIpc) is 2.38. The van der Waals surface area contributed by atoms with Crippen LogP contribution in [0.5, 0.6) is 5.75 Å². The van der Waals surface area contributed by atoms with Crippen LogP contribution in [0.2, 0.25) is 0 Å². The average molecular weight is 306 g/mol. The van der Waals surface area contributed by atoms with Gasteiger partial charge in [-0.05, 0) is 36.8 Å². The van der Waals surface area contributed by atoms with Gasteiger partial charge in [-0.2, -0.15) is 0 Å². The molecule has 0 aliphatic heterocycles. The molecule has 0 bridgehead atoms. The summed E-state index contributed by atoms with van der Waals surface area (Å²) < 4.78 is 7.01. The van der Waals surface area contributed by atoms with E-state index in [0.717, 1.165) is 15.8 Å². The van der Waals surface area contributed by atoms with Crippen LogP contribution in [0, 0.1) is 0 Å². The third kappa shape index (κ3) is 3.34. The Kier molecular flexibility index (Phi) is 4.39. The third-order valence-electron chi connectivity index (χ3n) is 2.68. The molecule has 0 aliphatic carbocycles. The summed E-state index contributed by atoms with van der Waals surface area (Å²) in [6.07, 6.45) is -0.138. The van der Waals surface area contributed by atoms with Gasteiger partial charge in [0.15, 0.2) is 0 Å². The standard InChI is InChI=1S/C15H16BrNO/c1-11(17)15(12-7-9-13(16)10-8-12)18-14-5-3-2-4-6-14/h2-11,15H,17H2,1H3. The number of para-hydroxylation sites is 1. The maximum Gasteiger partial charge on any atom is 0.138 e. The lowest BCUT2D eigenvalue weighted by Crippen LogP contribution is -2.29. The van der Waals surface area contributed by atoms with Crippen molar-refractivity contribution < 1.29 is 4.74 Å². The predicted molar refractivity (Wildman–Crippen MR) is 77.6 cm³/mol. The molecule has 2 unspecified atom stereocenters. The Morgan fingerprint density at radius 2 is 1.61 bits per heavy atom. The van der Waals surface area contributed by atoms with Crippen LogP contribution in [0.4, 0.5) is 0 Å². The van der Waals surface area contributed by atoms with Crippen molar-refractivity contribution >= 4 is 15.9 Å². The number of benzene rings is 2. The molecule has 18 heavy (non-hydrogen) atoms. The van der Waals surface area contributed by atoms with Gasteiger partial charge in [-0.25, -0.2) is 0 Å². The lowest BCUT2D eigenvalue weighted by molar-refractivity contribution is 0.180. The highest BCUT2D eigenvalue weighted by atomic mass is 79.9. The summed E-state index contributed by atoms with van der Waals surface area (Å²) >= 11 is 3.43. The number of halogens is 1. The summed E-state index contributed by atoms with van der Waals surface area (Å²) in [5, 5.41) is 0. The fourth-order valence-electron chi connectivity index (χ4n) is 1.78. The zero-order valence-corrected chi connectivity index (χ0v) is 11.8. The molecule has 94 valence electrons. The van der Waals surface area contributed by atoms with Crippen LogP contribution in [0.15, 0.2) is 59.1 Å². The molecule has 2 atom stereocenters. The van der Waals surface area contributed by atoms with Gasteiger partial charge in [-0.3, -0.25) is 0 Å². The van der Waals surface area contributed by atoms with E-state index in [0.29, 0.717) is 0 Å². The minimum atomic E-state index is -0.138. The first-order valence-corrected chi connectivity index (χ1v) is 6.69. The Bertz CT molecular complexity index is 482. The number of rotatable bonds is 4. The molecule has 2 nitrogen and oxygen atoms in total. The van der Waals surface area contributed by atoms with E-state index in [-0.39, 0.29) is 12.1 Å². The van der Waals surface area contributed by atoms with Gasteiger partial charge >= 0.3 is 0 Å². The Morgan fingerprint density at radius 1 is 1.00 bits per heavy atom. The van der Waals surface area contributed by atoms with Crippen LogP contribution in [-0.4, -0.2) is 6.04 Å². The molecule has 0 aromatic heterocycles.